The van der Waals surface area contributed by atoms with Gasteiger partial charge in [0.15, 0.2) is 9.84 Å². The minimum atomic E-state index is -3.50. The fourth-order valence-electron chi connectivity index (χ4n) is 1.90. The Bertz CT molecular complexity index is 478. The molecule has 0 spiro atoms. The molecule has 1 aromatic rings. The molecule has 4 nitrogen and oxygen atoms in total. The Balaban J connectivity index is 2.32. The summed E-state index contributed by atoms with van der Waals surface area (Å²) in [6.07, 6.45) is -0.467. The van der Waals surface area contributed by atoms with Crippen LogP contribution in [0.2, 0.25) is 0 Å². The zero-order valence-electron chi connectivity index (χ0n) is 9.67. The fourth-order valence-corrected chi connectivity index (χ4v) is 3.59. The van der Waals surface area contributed by atoms with Crippen LogP contribution in [0.5, 0.6) is 0 Å². The monoisotopic (exact) mass is 256 g/mol. The van der Waals surface area contributed by atoms with E-state index in [0.717, 1.165) is 5.56 Å². The molecular formula is C12H16O4S. The van der Waals surface area contributed by atoms with Gasteiger partial charge in [-0.15, -0.1) is 0 Å². The molecule has 0 radical (unpaired) electrons. The number of ether oxygens (including phenoxy) is 1. The highest BCUT2D eigenvalue weighted by atomic mass is 32.2. The van der Waals surface area contributed by atoms with Crippen molar-refractivity contribution in [2.24, 2.45) is 0 Å². The van der Waals surface area contributed by atoms with Crippen LogP contribution in [0.25, 0.3) is 0 Å². The van der Waals surface area contributed by atoms with Crippen LogP contribution in [0.3, 0.4) is 0 Å². The number of rotatable bonds is 2. The van der Waals surface area contributed by atoms with Crippen LogP contribution in [0.4, 0.5) is 0 Å². The van der Waals surface area contributed by atoms with Crippen molar-refractivity contribution in [2.45, 2.75) is 29.6 Å². The van der Waals surface area contributed by atoms with Gasteiger partial charge in [-0.1, -0.05) is 17.7 Å². The van der Waals surface area contributed by atoms with Gasteiger partial charge in [0.25, 0.3) is 0 Å². The second kappa shape index (κ2) is 4.76. The second-order valence-electron chi connectivity index (χ2n) is 4.33. The first-order valence-electron chi connectivity index (χ1n) is 5.58. The Labute approximate surface area is 101 Å². The van der Waals surface area contributed by atoms with Crippen LogP contribution in [0.15, 0.2) is 29.2 Å². The van der Waals surface area contributed by atoms with E-state index in [4.69, 9.17) is 4.74 Å². The third-order valence-corrected chi connectivity index (χ3v) is 5.19. The van der Waals surface area contributed by atoms with Crippen molar-refractivity contribution in [3.8, 4) is 0 Å². The van der Waals surface area contributed by atoms with E-state index in [1.807, 2.05) is 6.92 Å². The van der Waals surface area contributed by atoms with Gasteiger partial charge in [0.05, 0.1) is 17.6 Å². The molecule has 0 bridgehead atoms. The summed E-state index contributed by atoms with van der Waals surface area (Å²) in [5.41, 5.74) is 1.00. The van der Waals surface area contributed by atoms with Crippen LogP contribution >= 0.6 is 0 Å². The molecule has 1 aromatic carbocycles. The van der Waals surface area contributed by atoms with Crippen molar-refractivity contribution in [1.82, 2.24) is 0 Å². The fraction of sp³-hybridized carbons (Fsp3) is 0.500. The number of hydrogen-bond acceptors (Lipinski definition) is 4. The number of sulfone groups is 1. The normalized spacial score (nSPS) is 25.8. The van der Waals surface area contributed by atoms with E-state index in [1.54, 1.807) is 24.3 Å². The highest BCUT2D eigenvalue weighted by Crippen LogP contribution is 2.23. The third kappa shape index (κ3) is 2.51. The molecule has 94 valence electrons. The number of aryl methyl sites for hydroxylation is 1. The first-order chi connectivity index (χ1) is 8.01. The quantitative estimate of drug-likeness (QED) is 0.854. The minimum Gasteiger partial charge on any atom is -0.392 e. The summed E-state index contributed by atoms with van der Waals surface area (Å²) in [5, 5.41) is 8.91. The predicted octanol–water partition coefficient (Wildman–Crippen LogP) is 0.919. The molecule has 0 amide bonds. The molecule has 0 aliphatic carbocycles. The molecule has 1 aliphatic rings. The molecule has 0 aromatic heterocycles. The molecule has 5 heteroatoms. The van der Waals surface area contributed by atoms with Crippen molar-refractivity contribution >= 4 is 9.84 Å². The molecule has 1 saturated heterocycles. The number of benzene rings is 1. The van der Waals surface area contributed by atoms with Crippen molar-refractivity contribution in [1.29, 1.82) is 0 Å². The van der Waals surface area contributed by atoms with Gasteiger partial charge in [0.1, 0.15) is 5.25 Å². The van der Waals surface area contributed by atoms with E-state index in [1.165, 1.54) is 0 Å². The maximum Gasteiger partial charge on any atom is 0.186 e. The maximum atomic E-state index is 12.3. The van der Waals surface area contributed by atoms with Gasteiger partial charge >= 0.3 is 0 Å². The van der Waals surface area contributed by atoms with Gasteiger partial charge in [0, 0.05) is 6.61 Å². The Morgan fingerprint density at radius 2 is 1.94 bits per heavy atom. The number of hydrogen-bond donors (Lipinski definition) is 1. The Morgan fingerprint density at radius 3 is 2.53 bits per heavy atom. The van der Waals surface area contributed by atoms with E-state index in [-0.39, 0.29) is 11.5 Å². The van der Waals surface area contributed by atoms with Crippen LogP contribution < -0.4 is 0 Å². The van der Waals surface area contributed by atoms with Gasteiger partial charge in [-0.25, -0.2) is 8.42 Å². The molecule has 1 fully saturated rings. The van der Waals surface area contributed by atoms with Crippen molar-refractivity contribution < 1.29 is 18.3 Å². The van der Waals surface area contributed by atoms with Crippen molar-refractivity contribution in [2.75, 3.05) is 13.2 Å². The summed E-state index contributed by atoms with van der Waals surface area (Å²) < 4.78 is 29.7. The van der Waals surface area contributed by atoms with Crippen LogP contribution in [-0.4, -0.2) is 38.1 Å². The summed E-state index contributed by atoms with van der Waals surface area (Å²) in [6, 6.07) is 6.66. The zero-order valence-corrected chi connectivity index (χ0v) is 10.5. The lowest BCUT2D eigenvalue weighted by Gasteiger charge is -2.27. The van der Waals surface area contributed by atoms with Crippen LogP contribution in [0.1, 0.15) is 12.0 Å². The van der Waals surface area contributed by atoms with E-state index in [2.05, 4.69) is 0 Å². The van der Waals surface area contributed by atoms with Crippen molar-refractivity contribution in [3.05, 3.63) is 29.8 Å². The molecule has 2 unspecified atom stereocenters. The highest BCUT2D eigenvalue weighted by Gasteiger charge is 2.36. The lowest BCUT2D eigenvalue weighted by Crippen LogP contribution is -2.42. The van der Waals surface area contributed by atoms with Gasteiger partial charge in [-0.2, -0.15) is 0 Å². The first kappa shape index (κ1) is 12.5. The molecule has 1 aliphatic heterocycles. The summed E-state index contributed by atoms with van der Waals surface area (Å²) in [4.78, 5) is 0.248. The Hall–Kier alpha value is -0.910. The van der Waals surface area contributed by atoms with Crippen molar-refractivity contribution in [3.63, 3.8) is 0 Å². The second-order valence-corrected chi connectivity index (χ2v) is 6.49. The van der Waals surface area contributed by atoms with E-state index in [0.29, 0.717) is 13.0 Å². The Morgan fingerprint density at radius 1 is 1.29 bits per heavy atom. The molecule has 17 heavy (non-hydrogen) atoms. The summed E-state index contributed by atoms with van der Waals surface area (Å²) >= 11 is 0. The lowest BCUT2D eigenvalue weighted by atomic mass is 10.1. The third-order valence-electron chi connectivity index (χ3n) is 3.02. The lowest BCUT2D eigenvalue weighted by molar-refractivity contribution is 0.0175. The largest absolute Gasteiger partial charge is 0.392 e. The maximum absolute atomic E-state index is 12.3. The van der Waals surface area contributed by atoms with Gasteiger partial charge in [-0.05, 0) is 25.5 Å². The molecule has 1 heterocycles. The van der Waals surface area contributed by atoms with Gasteiger partial charge in [-0.3, -0.25) is 0 Å². The molecule has 0 saturated carbocycles. The minimum absolute atomic E-state index is 0.0668. The standard InChI is InChI=1S/C12H16O4S/c1-9-2-4-10(5-3-9)17(14,15)12-8-16-7-6-11(12)13/h2-5,11-13H,6-8H2,1H3. The zero-order chi connectivity index (χ0) is 12.5. The summed E-state index contributed by atoms with van der Waals surface area (Å²) in [6.45, 7) is 2.38. The van der Waals surface area contributed by atoms with E-state index in [9.17, 15) is 13.5 Å². The highest BCUT2D eigenvalue weighted by molar-refractivity contribution is 7.92. The summed E-state index contributed by atoms with van der Waals surface area (Å²) in [5.74, 6) is 0. The number of aliphatic hydroxyl groups is 1. The first-order valence-corrected chi connectivity index (χ1v) is 7.13. The SMILES string of the molecule is Cc1ccc(S(=O)(=O)C2COCCC2O)cc1. The molecule has 1 N–H and O–H groups in total. The number of aliphatic hydroxyl groups excluding tert-OH is 1. The van der Waals surface area contributed by atoms with E-state index < -0.39 is 21.2 Å². The van der Waals surface area contributed by atoms with Crippen LogP contribution in [0, 0.1) is 6.92 Å². The van der Waals surface area contributed by atoms with Gasteiger partial charge in [0.2, 0.25) is 0 Å². The Kier molecular flexibility index (Phi) is 3.51. The topological polar surface area (TPSA) is 63.6 Å². The van der Waals surface area contributed by atoms with Crippen LogP contribution in [-0.2, 0) is 14.6 Å². The van der Waals surface area contributed by atoms with E-state index >= 15 is 0 Å². The summed E-state index contributed by atoms with van der Waals surface area (Å²) in [7, 11) is -3.50. The molecular weight excluding hydrogens is 240 g/mol. The smallest absolute Gasteiger partial charge is 0.186 e. The molecule has 2 atom stereocenters. The average molecular weight is 256 g/mol. The van der Waals surface area contributed by atoms with Gasteiger partial charge < -0.3 is 9.84 Å². The average Bonchev–Trinajstić information content (AvgIpc) is 2.30. The molecule has 2 rings (SSSR count). The predicted molar refractivity (Wildman–Crippen MR) is 63.6 cm³/mol.